The molecule has 216 valence electrons. The van der Waals surface area contributed by atoms with Gasteiger partial charge in [0, 0.05) is 25.0 Å². The molecule has 0 aromatic rings. The Morgan fingerprint density at radius 3 is 1.32 bits per heavy atom. The van der Waals surface area contributed by atoms with Crippen molar-refractivity contribution in [3.8, 4) is 0 Å². The molecular formula is C32H57FO4. The second-order valence-electron chi connectivity index (χ2n) is 10.5. The smallest absolute Gasteiger partial charge is 0.332 e. The number of rotatable bonds is 28. The highest BCUT2D eigenvalue weighted by atomic mass is 19.2. The van der Waals surface area contributed by atoms with Crippen LogP contribution in [0.1, 0.15) is 155 Å². The van der Waals surface area contributed by atoms with Crippen LogP contribution in [-0.2, 0) is 19.1 Å². The van der Waals surface area contributed by atoms with Gasteiger partial charge in [-0.1, -0.05) is 136 Å². The predicted molar refractivity (Wildman–Crippen MR) is 153 cm³/mol. The van der Waals surface area contributed by atoms with Gasteiger partial charge in [-0.2, -0.15) is 4.39 Å². The normalized spacial score (nSPS) is 12.6. The fourth-order valence-corrected chi connectivity index (χ4v) is 4.64. The molecule has 37 heavy (non-hydrogen) atoms. The van der Waals surface area contributed by atoms with Crippen LogP contribution in [-0.4, -0.2) is 24.4 Å². The molecule has 5 heteroatoms. The first kappa shape index (κ1) is 35.4. The second-order valence-corrected chi connectivity index (χ2v) is 10.5. The summed E-state index contributed by atoms with van der Waals surface area (Å²) in [5.41, 5.74) is 0. The fourth-order valence-electron chi connectivity index (χ4n) is 4.64. The van der Waals surface area contributed by atoms with E-state index in [1.807, 2.05) is 0 Å². The molecule has 0 amide bonds. The molecule has 0 heterocycles. The number of ether oxygens (including phenoxy) is 2. The van der Waals surface area contributed by atoms with Gasteiger partial charge in [0.1, 0.15) is 0 Å². The molecule has 0 bridgehead atoms. The number of hydrogen-bond acceptors (Lipinski definition) is 4. The monoisotopic (exact) mass is 524 g/mol. The third-order valence-electron chi connectivity index (χ3n) is 6.96. The highest BCUT2D eigenvalue weighted by molar-refractivity contribution is 5.81. The average molecular weight is 525 g/mol. The summed E-state index contributed by atoms with van der Waals surface area (Å²) in [6.45, 7) is 9.47. The van der Waals surface area contributed by atoms with Crippen LogP contribution in [0, 0.1) is 0 Å². The van der Waals surface area contributed by atoms with Gasteiger partial charge in [0.25, 0.3) is 5.85 Å². The van der Waals surface area contributed by atoms with Crippen molar-refractivity contribution in [2.45, 2.75) is 160 Å². The van der Waals surface area contributed by atoms with Crippen molar-refractivity contribution >= 4 is 11.9 Å². The maximum atomic E-state index is 15.3. The Labute approximate surface area is 227 Å². The Hall–Kier alpha value is -1.65. The maximum absolute atomic E-state index is 15.3. The lowest BCUT2D eigenvalue weighted by atomic mass is 9.99. The van der Waals surface area contributed by atoms with Crippen LogP contribution in [0.4, 0.5) is 4.39 Å². The van der Waals surface area contributed by atoms with Crippen LogP contribution >= 0.6 is 0 Å². The molecule has 0 N–H and O–H groups in total. The molecule has 0 saturated heterocycles. The molecule has 1 unspecified atom stereocenters. The van der Waals surface area contributed by atoms with Crippen LogP contribution in [0.5, 0.6) is 0 Å². The molecule has 0 fully saturated rings. The van der Waals surface area contributed by atoms with E-state index >= 15 is 4.39 Å². The quantitative estimate of drug-likeness (QED) is 0.0580. The molecule has 0 rings (SSSR count). The van der Waals surface area contributed by atoms with Crippen LogP contribution in [0.3, 0.4) is 0 Å². The summed E-state index contributed by atoms with van der Waals surface area (Å²) in [6, 6.07) is 0. The van der Waals surface area contributed by atoms with Crippen molar-refractivity contribution in [2.75, 3.05) is 6.61 Å². The van der Waals surface area contributed by atoms with Gasteiger partial charge >= 0.3 is 11.9 Å². The van der Waals surface area contributed by atoms with Crippen molar-refractivity contribution in [3.05, 3.63) is 25.3 Å². The minimum atomic E-state index is -1.88. The Morgan fingerprint density at radius 1 is 0.595 bits per heavy atom. The molecule has 0 aromatic carbocycles. The summed E-state index contributed by atoms with van der Waals surface area (Å²) in [5.74, 6) is -2.93. The van der Waals surface area contributed by atoms with Crippen molar-refractivity contribution < 1.29 is 23.5 Å². The van der Waals surface area contributed by atoms with Gasteiger partial charge in [0.2, 0.25) is 0 Å². The lowest BCUT2D eigenvalue weighted by molar-refractivity contribution is -0.180. The number of halogens is 1. The SMILES string of the molecule is C=CC(=O)OCCCCCCCCCC(F)(CCCCCCCCCCCCCCCC)OC(=O)C=C. The van der Waals surface area contributed by atoms with E-state index in [-0.39, 0.29) is 18.8 Å². The lowest BCUT2D eigenvalue weighted by Gasteiger charge is -2.25. The average Bonchev–Trinajstić information content (AvgIpc) is 2.89. The van der Waals surface area contributed by atoms with E-state index in [0.717, 1.165) is 63.9 Å². The molecule has 0 spiro atoms. The highest BCUT2D eigenvalue weighted by Gasteiger charge is 2.32. The molecular weight excluding hydrogens is 467 g/mol. The second kappa shape index (κ2) is 26.0. The zero-order valence-electron chi connectivity index (χ0n) is 24.1. The predicted octanol–water partition coefficient (Wildman–Crippen LogP) is 10.1. The van der Waals surface area contributed by atoms with Gasteiger partial charge in [0.15, 0.2) is 0 Å². The van der Waals surface area contributed by atoms with Crippen molar-refractivity contribution in [3.63, 3.8) is 0 Å². The van der Waals surface area contributed by atoms with Gasteiger partial charge in [-0.15, -0.1) is 0 Å². The highest BCUT2D eigenvalue weighted by Crippen LogP contribution is 2.29. The largest absolute Gasteiger partial charge is 0.463 e. The number of carbonyl (C=O) groups excluding carboxylic acids is 2. The Bertz CT molecular complexity index is 577. The first-order valence-electron chi connectivity index (χ1n) is 15.3. The summed E-state index contributed by atoms with van der Waals surface area (Å²) in [6.07, 6.45) is 27.0. The standard InChI is InChI=1S/C32H57FO4/c1-4-7-8-9-10-11-12-13-14-15-16-18-21-24-27-32(33,37-31(35)6-3)28-25-22-19-17-20-23-26-29-36-30(34)5-2/h5-6H,2-4,7-29H2,1H3. The first-order chi connectivity index (χ1) is 18.0. The minimum Gasteiger partial charge on any atom is -0.463 e. The number of esters is 2. The Balaban J connectivity index is 3.83. The number of carbonyl (C=O) groups is 2. The molecule has 0 radical (unpaired) electrons. The van der Waals surface area contributed by atoms with Gasteiger partial charge in [0.05, 0.1) is 6.61 Å². The first-order valence-corrected chi connectivity index (χ1v) is 15.3. The van der Waals surface area contributed by atoms with Crippen molar-refractivity contribution in [1.29, 1.82) is 0 Å². The summed E-state index contributed by atoms with van der Waals surface area (Å²) >= 11 is 0. The van der Waals surface area contributed by atoms with Crippen molar-refractivity contribution in [1.82, 2.24) is 0 Å². The van der Waals surface area contributed by atoms with Crippen LogP contribution < -0.4 is 0 Å². The molecule has 1 atom stereocenters. The molecule has 4 nitrogen and oxygen atoms in total. The van der Waals surface area contributed by atoms with Gasteiger partial charge in [-0.05, 0) is 19.3 Å². The zero-order valence-corrected chi connectivity index (χ0v) is 24.1. The van der Waals surface area contributed by atoms with Gasteiger partial charge in [-0.25, -0.2) is 9.59 Å². The number of alkyl halides is 1. The van der Waals surface area contributed by atoms with Gasteiger partial charge in [-0.3, -0.25) is 0 Å². The zero-order chi connectivity index (χ0) is 27.5. The van der Waals surface area contributed by atoms with Crippen molar-refractivity contribution in [2.24, 2.45) is 0 Å². The van der Waals surface area contributed by atoms with E-state index in [4.69, 9.17) is 9.47 Å². The summed E-state index contributed by atoms with van der Waals surface area (Å²) < 4.78 is 25.4. The van der Waals surface area contributed by atoms with Crippen LogP contribution in [0.2, 0.25) is 0 Å². The van der Waals surface area contributed by atoms with E-state index in [9.17, 15) is 9.59 Å². The maximum Gasteiger partial charge on any atom is 0.332 e. The number of hydrogen-bond donors (Lipinski definition) is 0. The fraction of sp³-hybridized carbons (Fsp3) is 0.812. The molecule has 0 aliphatic rings. The number of unbranched alkanes of at least 4 members (excludes halogenated alkanes) is 19. The summed E-state index contributed by atoms with van der Waals surface area (Å²) in [5, 5.41) is 0. The van der Waals surface area contributed by atoms with E-state index in [1.165, 1.54) is 76.7 Å². The lowest BCUT2D eigenvalue weighted by Crippen LogP contribution is -2.29. The topological polar surface area (TPSA) is 52.6 Å². The molecule has 0 aliphatic heterocycles. The third-order valence-corrected chi connectivity index (χ3v) is 6.96. The molecule has 0 aliphatic carbocycles. The summed E-state index contributed by atoms with van der Waals surface area (Å²) in [4.78, 5) is 22.7. The molecule has 0 saturated carbocycles. The molecule has 0 aromatic heterocycles. The summed E-state index contributed by atoms with van der Waals surface area (Å²) in [7, 11) is 0. The van der Waals surface area contributed by atoms with E-state index in [2.05, 4.69) is 20.1 Å². The Kier molecular flexibility index (Phi) is 24.8. The van der Waals surface area contributed by atoms with E-state index in [0.29, 0.717) is 13.0 Å². The Morgan fingerprint density at radius 2 is 0.946 bits per heavy atom. The third kappa shape index (κ3) is 24.4. The van der Waals surface area contributed by atoms with Crippen LogP contribution in [0.25, 0.3) is 0 Å². The van der Waals surface area contributed by atoms with E-state index in [1.54, 1.807) is 0 Å². The van der Waals surface area contributed by atoms with Crippen LogP contribution in [0.15, 0.2) is 25.3 Å². The van der Waals surface area contributed by atoms with E-state index < -0.39 is 11.8 Å². The minimum absolute atomic E-state index is 0.253. The van der Waals surface area contributed by atoms with Gasteiger partial charge < -0.3 is 9.47 Å².